The fourth-order valence-electron chi connectivity index (χ4n) is 1.26. The van der Waals surface area contributed by atoms with Gasteiger partial charge in [0.25, 0.3) is 0 Å². The van der Waals surface area contributed by atoms with Crippen molar-refractivity contribution < 1.29 is 29.9 Å². The molecule has 5 atom stereocenters. The van der Waals surface area contributed by atoms with Crippen LogP contribution in [0.1, 0.15) is 0 Å². The number of hydrogen-bond acceptors (Lipinski definition) is 6. The third-order valence-electron chi connectivity index (χ3n) is 2.08. The lowest BCUT2D eigenvalue weighted by molar-refractivity contribution is -0.294. The van der Waals surface area contributed by atoms with Gasteiger partial charge in [-0.1, -0.05) is 0 Å². The first-order chi connectivity index (χ1) is 6.11. The second-order valence-corrected chi connectivity index (χ2v) is 2.93. The van der Waals surface area contributed by atoms with Gasteiger partial charge in [-0.2, -0.15) is 0 Å². The summed E-state index contributed by atoms with van der Waals surface area (Å²) >= 11 is 0. The van der Waals surface area contributed by atoms with Gasteiger partial charge < -0.3 is 29.9 Å². The van der Waals surface area contributed by atoms with Crippen molar-refractivity contribution in [2.45, 2.75) is 30.7 Å². The van der Waals surface area contributed by atoms with Crippen molar-refractivity contribution in [1.82, 2.24) is 0 Å². The van der Waals surface area contributed by atoms with Crippen LogP contribution in [0.4, 0.5) is 0 Å². The minimum absolute atomic E-state index is 0.440. The Hall–Kier alpha value is -0.240. The van der Waals surface area contributed by atoms with Gasteiger partial charge in [0.2, 0.25) is 0 Å². The minimum atomic E-state index is -1.36. The number of aliphatic hydroxyl groups excluding tert-OH is 4. The smallest absolute Gasteiger partial charge is 0.186 e. The van der Waals surface area contributed by atoms with Crippen molar-refractivity contribution >= 4 is 0 Å². The van der Waals surface area contributed by atoms with E-state index in [0.717, 1.165) is 0 Å². The standard InChI is InChI=1S/C7H14O6/c1-12-7-6(11)5(10)4(9)3(2-8)13-7/h3-11H,2H2,1H3/t3-,4?,5+,6-,7-/m1/s1. The molecule has 1 rings (SSSR count). The molecule has 0 aromatic heterocycles. The second kappa shape index (κ2) is 4.32. The molecule has 0 aromatic rings. The van der Waals surface area contributed by atoms with Crippen LogP contribution in [0, 0.1) is 0 Å². The monoisotopic (exact) mass is 194 g/mol. The van der Waals surface area contributed by atoms with E-state index >= 15 is 0 Å². The predicted octanol–water partition coefficient (Wildman–Crippen LogP) is -2.57. The van der Waals surface area contributed by atoms with Crippen LogP contribution in [0.2, 0.25) is 0 Å². The molecule has 1 aliphatic rings. The fraction of sp³-hybridized carbons (Fsp3) is 1.00. The van der Waals surface area contributed by atoms with Gasteiger partial charge in [-0.25, -0.2) is 0 Å². The summed E-state index contributed by atoms with van der Waals surface area (Å²) in [4.78, 5) is 0. The number of rotatable bonds is 2. The van der Waals surface area contributed by atoms with Gasteiger partial charge >= 0.3 is 0 Å². The normalized spacial score (nSPS) is 46.4. The Morgan fingerprint density at radius 2 is 1.77 bits per heavy atom. The lowest BCUT2D eigenvalue weighted by Crippen LogP contribution is -2.58. The van der Waals surface area contributed by atoms with Crippen LogP contribution in [0.25, 0.3) is 0 Å². The van der Waals surface area contributed by atoms with Gasteiger partial charge in [-0.15, -0.1) is 0 Å². The van der Waals surface area contributed by atoms with Crippen LogP contribution >= 0.6 is 0 Å². The molecule has 6 nitrogen and oxygen atoms in total. The zero-order valence-electron chi connectivity index (χ0n) is 7.20. The summed E-state index contributed by atoms with van der Waals surface area (Å²) in [6, 6.07) is 0. The van der Waals surface area contributed by atoms with E-state index in [0.29, 0.717) is 0 Å². The third-order valence-corrected chi connectivity index (χ3v) is 2.08. The molecule has 0 radical (unpaired) electrons. The zero-order chi connectivity index (χ0) is 10.0. The van der Waals surface area contributed by atoms with E-state index in [9.17, 15) is 15.3 Å². The molecule has 0 saturated carbocycles. The number of aliphatic hydroxyl groups is 4. The first-order valence-electron chi connectivity index (χ1n) is 3.95. The lowest BCUT2D eigenvalue weighted by Gasteiger charge is -2.38. The zero-order valence-corrected chi connectivity index (χ0v) is 7.20. The Labute approximate surface area is 75.3 Å². The van der Waals surface area contributed by atoms with Crippen LogP contribution < -0.4 is 0 Å². The molecule has 13 heavy (non-hydrogen) atoms. The maximum absolute atomic E-state index is 9.28. The largest absolute Gasteiger partial charge is 0.394 e. The second-order valence-electron chi connectivity index (χ2n) is 2.93. The molecule has 1 aliphatic heterocycles. The molecule has 0 amide bonds. The first kappa shape index (κ1) is 10.8. The summed E-state index contributed by atoms with van der Waals surface area (Å²) in [7, 11) is 1.30. The first-order valence-corrected chi connectivity index (χ1v) is 3.95. The Kier molecular flexibility index (Phi) is 3.60. The van der Waals surface area contributed by atoms with Crippen LogP contribution in [0.15, 0.2) is 0 Å². The summed E-state index contributed by atoms with van der Waals surface area (Å²) in [5.41, 5.74) is 0. The van der Waals surface area contributed by atoms with Crippen LogP contribution in [0.5, 0.6) is 0 Å². The number of ether oxygens (including phenoxy) is 2. The summed E-state index contributed by atoms with van der Waals surface area (Å²) in [5.74, 6) is 0. The van der Waals surface area contributed by atoms with E-state index in [2.05, 4.69) is 0 Å². The van der Waals surface area contributed by atoms with Crippen LogP contribution in [-0.4, -0.2) is 64.8 Å². The topological polar surface area (TPSA) is 99.4 Å². The predicted molar refractivity (Wildman–Crippen MR) is 40.8 cm³/mol. The van der Waals surface area contributed by atoms with E-state index in [1.165, 1.54) is 7.11 Å². The molecule has 0 aliphatic carbocycles. The van der Waals surface area contributed by atoms with E-state index in [1.807, 2.05) is 0 Å². The van der Waals surface area contributed by atoms with Gasteiger partial charge in [0, 0.05) is 7.11 Å². The molecule has 0 aromatic carbocycles. The van der Waals surface area contributed by atoms with Gasteiger partial charge in [0.05, 0.1) is 6.61 Å². The van der Waals surface area contributed by atoms with E-state index in [1.54, 1.807) is 0 Å². The van der Waals surface area contributed by atoms with Crippen molar-refractivity contribution in [3.05, 3.63) is 0 Å². The Balaban J connectivity index is 2.66. The summed E-state index contributed by atoms with van der Waals surface area (Å²) in [6.45, 7) is -0.440. The molecule has 1 unspecified atom stereocenters. The van der Waals surface area contributed by atoms with E-state index in [4.69, 9.17) is 14.6 Å². The average Bonchev–Trinajstić information content (AvgIpc) is 2.15. The van der Waals surface area contributed by atoms with Crippen LogP contribution in [-0.2, 0) is 9.47 Å². The van der Waals surface area contributed by atoms with E-state index in [-0.39, 0.29) is 0 Å². The molecule has 78 valence electrons. The Bertz CT molecular complexity index is 143. The van der Waals surface area contributed by atoms with Crippen molar-refractivity contribution in [1.29, 1.82) is 0 Å². The molecule has 1 saturated heterocycles. The highest BCUT2D eigenvalue weighted by Gasteiger charge is 2.43. The maximum atomic E-state index is 9.28. The van der Waals surface area contributed by atoms with Gasteiger partial charge in [0.1, 0.15) is 24.4 Å². The molecule has 0 bridgehead atoms. The van der Waals surface area contributed by atoms with E-state index < -0.39 is 37.3 Å². The molecule has 1 heterocycles. The minimum Gasteiger partial charge on any atom is -0.394 e. The van der Waals surface area contributed by atoms with Gasteiger partial charge in [-0.3, -0.25) is 0 Å². The highest BCUT2D eigenvalue weighted by molar-refractivity contribution is 4.88. The molecule has 1 fully saturated rings. The van der Waals surface area contributed by atoms with Crippen LogP contribution in [0.3, 0.4) is 0 Å². The Morgan fingerprint density at radius 3 is 2.23 bits per heavy atom. The third kappa shape index (κ3) is 1.98. The van der Waals surface area contributed by atoms with Crippen molar-refractivity contribution in [2.75, 3.05) is 13.7 Å². The molecule has 4 N–H and O–H groups in total. The highest BCUT2D eigenvalue weighted by Crippen LogP contribution is 2.20. The average molecular weight is 194 g/mol. The molecular weight excluding hydrogens is 180 g/mol. The van der Waals surface area contributed by atoms with Crippen molar-refractivity contribution in [2.24, 2.45) is 0 Å². The summed E-state index contributed by atoms with van der Waals surface area (Å²) < 4.78 is 9.65. The highest BCUT2D eigenvalue weighted by atomic mass is 16.7. The Morgan fingerprint density at radius 1 is 1.15 bits per heavy atom. The van der Waals surface area contributed by atoms with Gasteiger partial charge in [-0.05, 0) is 0 Å². The SMILES string of the molecule is CO[C@@H]1O[C@H](CO)C(O)[C@H](O)[C@H]1O. The summed E-state index contributed by atoms with van der Waals surface area (Å²) in [6.07, 6.45) is -5.91. The molecule has 6 heteroatoms. The van der Waals surface area contributed by atoms with Crippen molar-refractivity contribution in [3.8, 4) is 0 Å². The fourth-order valence-corrected chi connectivity index (χ4v) is 1.26. The lowest BCUT2D eigenvalue weighted by atomic mass is 9.99. The number of methoxy groups -OCH3 is 1. The van der Waals surface area contributed by atoms with Gasteiger partial charge in [0.15, 0.2) is 6.29 Å². The maximum Gasteiger partial charge on any atom is 0.186 e. The molecular formula is C7H14O6. The quantitative estimate of drug-likeness (QED) is 0.386. The summed E-state index contributed by atoms with van der Waals surface area (Å²) in [5, 5.41) is 36.6. The number of hydrogen-bond donors (Lipinski definition) is 4. The van der Waals surface area contributed by atoms with Crippen molar-refractivity contribution in [3.63, 3.8) is 0 Å². The molecule has 0 spiro atoms.